The van der Waals surface area contributed by atoms with E-state index in [4.69, 9.17) is 9.26 Å². The second-order valence-corrected chi connectivity index (χ2v) is 5.61. The topological polar surface area (TPSA) is 76.4 Å². The zero-order valence-electron chi connectivity index (χ0n) is 14.1. The highest BCUT2D eigenvalue weighted by atomic mass is 19.1. The monoisotopic (exact) mass is 335 g/mol. The van der Waals surface area contributed by atoms with Gasteiger partial charge in [-0.25, -0.2) is 9.18 Å². The van der Waals surface area contributed by atoms with Crippen LogP contribution in [0, 0.1) is 19.7 Å². The quantitative estimate of drug-likeness (QED) is 0.763. The molecule has 2 aromatic rings. The predicted molar refractivity (Wildman–Crippen MR) is 87.6 cm³/mol. The molecule has 2 amide bonds. The van der Waals surface area contributed by atoms with E-state index in [9.17, 15) is 9.18 Å². The highest BCUT2D eigenvalue weighted by Crippen LogP contribution is 2.14. The van der Waals surface area contributed by atoms with Crippen molar-refractivity contribution in [2.24, 2.45) is 0 Å². The van der Waals surface area contributed by atoms with Crippen LogP contribution in [0.4, 0.5) is 9.18 Å². The van der Waals surface area contributed by atoms with Gasteiger partial charge in [0.25, 0.3) is 0 Å². The number of aryl methyl sites for hydroxylation is 2. The van der Waals surface area contributed by atoms with E-state index in [0.717, 1.165) is 17.0 Å². The van der Waals surface area contributed by atoms with Crippen LogP contribution in [0.2, 0.25) is 0 Å². The number of carbonyl (C=O) groups is 1. The summed E-state index contributed by atoms with van der Waals surface area (Å²) >= 11 is 0. The number of urea groups is 1. The molecule has 0 spiro atoms. The van der Waals surface area contributed by atoms with E-state index in [2.05, 4.69) is 15.8 Å². The normalized spacial score (nSPS) is 11.8. The number of nitrogens with zero attached hydrogens (tertiary/aromatic N) is 1. The Morgan fingerprint density at radius 2 is 2.21 bits per heavy atom. The van der Waals surface area contributed by atoms with Gasteiger partial charge in [0, 0.05) is 17.7 Å². The van der Waals surface area contributed by atoms with Gasteiger partial charge in [-0.15, -0.1) is 0 Å². The van der Waals surface area contributed by atoms with Crippen LogP contribution in [0.5, 0.6) is 5.75 Å². The number of ether oxygens (including phenoxy) is 1. The highest BCUT2D eigenvalue weighted by Gasteiger charge is 2.14. The minimum absolute atomic E-state index is 0.0639. The van der Waals surface area contributed by atoms with Gasteiger partial charge in [0.15, 0.2) is 0 Å². The summed E-state index contributed by atoms with van der Waals surface area (Å²) in [7, 11) is 0. The number of halogens is 1. The average molecular weight is 335 g/mol. The molecule has 2 rings (SSSR count). The largest absolute Gasteiger partial charge is 0.492 e. The Kier molecular flexibility index (Phi) is 6.17. The predicted octanol–water partition coefficient (Wildman–Crippen LogP) is 2.74. The second kappa shape index (κ2) is 8.33. The van der Waals surface area contributed by atoms with Crippen LogP contribution in [-0.4, -0.2) is 30.4 Å². The number of aromatic nitrogens is 1. The van der Waals surface area contributed by atoms with Gasteiger partial charge in [0.05, 0.1) is 12.2 Å². The standard InChI is InChI=1S/C17H22FN3O3/c1-11(9-16-12(2)21-24-13(16)3)20-17(22)19-7-8-23-15-6-4-5-14(18)10-15/h4-6,10-11H,7-9H2,1-3H3,(H2,19,20,22)/t11-/m0/s1. The maximum Gasteiger partial charge on any atom is 0.315 e. The number of carbonyl (C=O) groups excluding carboxylic acids is 1. The van der Waals surface area contributed by atoms with E-state index < -0.39 is 0 Å². The van der Waals surface area contributed by atoms with Gasteiger partial charge >= 0.3 is 6.03 Å². The molecule has 0 saturated heterocycles. The molecule has 0 aliphatic heterocycles. The van der Waals surface area contributed by atoms with Crippen molar-refractivity contribution in [3.63, 3.8) is 0 Å². The van der Waals surface area contributed by atoms with E-state index in [0.29, 0.717) is 18.7 Å². The Labute approximate surface area is 140 Å². The molecule has 0 fully saturated rings. The molecule has 7 heteroatoms. The lowest BCUT2D eigenvalue weighted by molar-refractivity contribution is 0.233. The van der Waals surface area contributed by atoms with Crippen LogP contribution in [0.3, 0.4) is 0 Å². The fourth-order valence-electron chi connectivity index (χ4n) is 2.32. The van der Waals surface area contributed by atoms with Crippen LogP contribution in [0.15, 0.2) is 28.8 Å². The smallest absolute Gasteiger partial charge is 0.315 e. The van der Waals surface area contributed by atoms with Crippen molar-refractivity contribution in [1.29, 1.82) is 0 Å². The number of nitrogens with one attached hydrogen (secondary N) is 2. The van der Waals surface area contributed by atoms with Gasteiger partial charge in [0.2, 0.25) is 0 Å². The molecule has 130 valence electrons. The number of benzene rings is 1. The third kappa shape index (κ3) is 5.26. The van der Waals surface area contributed by atoms with Crippen molar-refractivity contribution in [2.75, 3.05) is 13.2 Å². The molecule has 1 heterocycles. The second-order valence-electron chi connectivity index (χ2n) is 5.61. The number of amides is 2. The van der Waals surface area contributed by atoms with Gasteiger partial charge in [-0.3, -0.25) is 0 Å². The Hall–Kier alpha value is -2.57. The summed E-state index contributed by atoms with van der Waals surface area (Å²) in [5.74, 6) is 0.848. The van der Waals surface area contributed by atoms with Gasteiger partial charge in [0.1, 0.15) is 23.9 Å². The molecule has 0 unspecified atom stereocenters. The third-order valence-electron chi connectivity index (χ3n) is 3.52. The Morgan fingerprint density at radius 3 is 2.88 bits per heavy atom. The first-order valence-electron chi connectivity index (χ1n) is 7.80. The van der Waals surface area contributed by atoms with Crippen molar-refractivity contribution < 1.29 is 18.4 Å². The molecule has 24 heavy (non-hydrogen) atoms. The van der Waals surface area contributed by atoms with E-state index in [1.807, 2.05) is 20.8 Å². The molecule has 1 atom stereocenters. The molecule has 1 aromatic heterocycles. The van der Waals surface area contributed by atoms with Gasteiger partial charge in [-0.1, -0.05) is 11.2 Å². The van der Waals surface area contributed by atoms with Crippen molar-refractivity contribution in [3.05, 3.63) is 47.1 Å². The van der Waals surface area contributed by atoms with E-state index in [-0.39, 0.29) is 24.5 Å². The molecule has 0 aliphatic carbocycles. The Morgan fingerprint density at radius 1 is 1.42 bits per heavy atom. The fraction of sp³-hybridized carbons (Fsp3) is 0.412. The van der Waals surface area contributed by atoms with Gasteiger partial charge in [-0.05, 0) is 39.3 Å². The maximum atomic E-state index is 13.0. The molecular formula is C17H22FN3O3. The maximum absolute atomic E-state index is 13.0. The summed E-state index contributed by atoms with van der Waals surface area (Å²) in [6, 6.07) is 5.53. The highest BCUT2D eigenvalue weighted by molar-refractivity contribution is 5.74. The summed E-state index contributed by atoms with van der Waals surface area (Å²) in [6.45, 7) is 6.22. The first-order chi connectivity index (χ1) is 11.5. The van der Waals surface area contributed by atoms with E-state index in [1.165, 1.54) is 12.1 Å². The number of hydrogen-bond acceptors (Lipinski definition) is 4. The minimum Gasteiger partial charge on any atom is -0.492 e. The Bertz CT molecular complexity index is 668. The fourth-order valence-corrected chi connectivity index (χ4v) is 2.32. The number of rotatable bonds is 7. The average Bonchev–Trinajstić information content (AvgIpc) is 2.83. The molecule has 6 nitrogen and oxygen atoms in total. The lowest BCUT2D eigenvalue weighted by atomic mass is 10.1. The van der Waals surface area contributed by atoms with Crippen molar-refractivity contribution in [3.8, 4) is 5.75 Å². The van der Waals surface area contributed by atoms with Crippen LogP contribution in [0.25, 0.3) is 0 Å². The summed E-state index contributed by atoms with van der Waals surface area (Å²) in [5, 5.41) is 9.44. The van der Waals surface area contributed by atoms with E-state index in [1.54, 1.807) is 12.1 Å². The summed E-state index contributed by atoms with van der Waals surface area (Å²) in [5.41, 5.74) is 1.85. The zero-order valence-corrected chi connectivity index (χ0v) is 14.1. The Balaban J connectivity index is 1.67. The molecule has 1 aromatic carbocycles. The summed E-state index contributed by atoms with van der Waals surface area (Å²) in [6.07, 6.45) is 0.647. The van der Waals surface area contributed by atoms with Gasteiger partial charge in [-0.2, -0.15) is 0 Å². The van der Waals surface area contributed by atoms with Crippen LogP contribution >= 0.6 is 0 Å². The van der Waals surface area contributed by atoms with Crippen molar-refractivity contribution >= 4 is 6.03 Å². The van der Waals surface area contributed by atoms with Crippen LogP contribution in [-0.2, 0) is 6.42 Å². The van der Waals surface area contributed by atoms with Crippen molar-refractivity contribution in [1.82, 2.24) is 15.8 Å². The van der Waals surface area contributed by atoms with Crippen LogP contribution in [0.1, 0.15) is 23.9 Å². The minimum atomic E-state index is -0.355. The summed E-state index contributed by atoms with van der Waals surface area (Å²) in [4.78, 5) is 11.8. The zero-order chi connectivity index (χ0) is 17.5. The molecule has 0 saturated carbocycles. The molecule has 0 aliphatic rings. The molecule has 2 N–H and O–H groups in total. The molecular weight excluding hydrogens is 313 g/mol. The third-order valence-corrected chi connectivity index (χ3v) is 3.52. The lowest BCUT2D eigenvalue weighted by Crippen LogP contribution is -2.43. The first kappa shape index (κ1) is 17.8. The van der Waals surface area contributed by atoms with Crippen molar-refractivity contribution in [2.45, 2.75) is 33.2 Å². The van der Waals surface area contributed by atoms with Crippen LogP contribution < -0.4 is 15.4 Å². The molecule has 0 radical (unpaired) electrons. The van der Waals surface area contributed by atoms with Gasteiger partial charge < -0.3 is 19.9 Å². The first-order valence-corrected chi connectivity index (χ1v) is 7.80. The van der Waals surface area contributed by atoms with E-state index >= 15 is 0 Å². The SMILES string of the molecule is Cc1noc(C)c1C[C@H](C)NC(=O)NCCOc1cccc(F)c1. The summed E-state index contributed by atoms with van der Waals surface area (Å²) < 4.78 is 23.5. The number of hydrogen-bond donors (Lipinski definition) is 2. The molecule has 0 bridgehead atoms. The lowest BCUT2D eigenvalue weighted by Gasteiger charge is -2.14.